The molecule has 0 aliphatic carbocycles. The fraction of sp³-hybridized carbons (Fsp3) is 0. The van der Waals surface area contributed by atoms with Crippen molar-refractivity contribution >= 4 is 49.4 Å². The fourth-order valence-electron chi connectivity index (χ4n) is 7.23. The number of hydrogen-bond donors (Lipinski definition) is 0. The normalized spacial score (nSPS) is 11.3. The fourth-order valence-corrected chi connectivity index (χ4v) is 7.23. The molecule has 0 heterocycles. The van der Waals surface area contributed by atoms with Gasteiger partial charge < -0.3 is 4.90 Å². The molecule has 0 saturated heterocycles. The lowest BCUT2D eigenvalue weighted by molar-refractivity contribution is 1.28. The number of anilines is 3. The van der Waals surface area contributed by atoms with E-state index in [4.69, 9.17) is 0 Å². The van der Waals surface area contributed by atoms with Crippen molar-refractivity contribution in [2.75, 3.05) is 4.90 Å². The summed E-state index contributed by atoms with van der Waals surface area (Å²) in [4.78, 5) is 2.36. The van der Waals surface area contributed by atoms with Crippen LogP contribution in [0.4, 0.5) is 17.1 Å². The smallest absolute Gasteiger partial charge is 0.0467 e. The molecule has 9 aromatic carbocycles. The molecular weight excluding hydrogens is 591 g/mol. The van der Waals surface area contributed by atoms with Gasteiger partial charge in [0.1, 0.15) is 0 Å². The van der Waals surface area contributed by atoms with E-state index in [2.05, 4.69) is 205 Å². The standard InChI is InChI=1S/C48H33N/c1-3-12-34(13-4-1)36-22-27-40(28-23-36)49(41-29-24-37(25-30-41)35-14-5-2-6-15-35)42-17-11-16-38(32-42)39-26-31-47-45-20-8-7-18-43(45)44-19-9-10-21-46(44)48(47)33-39/h1-33H. The molecule has 0 aliphatic heterocycles. The molecule has 0 spiro atoms. The van der Waals surface area contributed by atoms with Crippen LogP contribution in [0.1, 0.15) is 0 Å². The number of rotatable bonds is 6. The van der Waals surface area contributed by atoms with Crippen LogP contribution in [0.2, 0.25) is 0 Å². The summed E-state index contributed by atoms with van der Waals surface area (Å²) in [6.07, 6.45) is 0. The third kappa shape index (κ3) is 5.32. The maximum absolute atomic E-state index is 2.37. The van der Waals surface area contributed by atoms with Crippen molar-refractivity contribution in [1.29, 1.82) is 0 Å². The molecule has 0 atom stereocenters. The third-order valence-electron chi connectivity index (χ3n) is 9.65. The minimum Gasteiger partial charge on any atom is -0.310 e. The maximum atomic E-state index is 2.37. The average Bonchev–Trinajstić information content (AvgIpc) is 3.19. The first-order valence-electron chi connectivity index (χ1n) is 16.8. The van der Waals surface area contributed by atoms with Gasteiger partial charge in [-0.15, -0.1) is 0 Å². The highest BCUT2D eigenvalue weighted by Crippen LogP contribution is 2.40. The zero-order valence-corrected chi connectivity index (χ0v) is 27.0. The van der Waals surface area contributed by atoms with Crippen LogP contribution in [0.15, 0.2) is 200 Å². The van der Waals surface area contributed by atoms with E-state index in [1.54, 1.807) is 0 Å². The van der Waals surface area contributed by atoms with Crippen molar-refractivity contribution in [1.82, 2.24) is 0 Å². The van der Waals surface area contributed by atoms with Gasteiger partial charge in [0.05, 0.1) is 0 Å². The molecule has 0 unspecified atom stereocenters. The van der Waals surface area contributed by atoms with Crippen molar-refractivity contribution in [3.63, 3.8) is 0 Å². The molecule has 0 bridgehead atoms. The minimum absolute atomic E-state index is 1.11. The number of nitrogens with zero attached hydrogens (tertiary/aromatic N) is 1. The van der Waals surface area contributed by atoms with Crippen molar-refractivity contribution in [3.8, 4) is 33.4 Å². The van der Waals surface area contributed by atoms with Crippen LogP contribution in [-0.4, -0.2) is 0 Å². The van der Waals surface area contributed by atoms with Crippen molar-refractivity contribution in [2.24, 2.45) is 0 Å². The van der Waals surface area contributed by atoms with E-state index in [1.807, 2.05) is 0 Å². The van der Waals surface area contributed by atoms with E-state index in [1.165, 1.54) is 65.7 Å². The lowest BCUT2D eigenvalue weighted by Crippen LogP contribution is -2.10. The summed E-state index contributed by atoms with van der Waals surface area (Å²) in [5, 5.41) is 7.73. The molecule has 9 aromatic rings. The van der Waals surface area contributed by atoms with Crippen LogP contribution in [0.5, 0.6) is 0 Å². The van der Waals surface area contributed by atoms with Gasteiger partial charge in [0.2, 0.25) is 0 Å². The molecule has 0 amide bonds. The third-order valence-corrected chi connectivity index (χ3v) is 9.65. The first-order chi connectivity index (χ1) is 24.3. The van der Waals surface area contributed by atoms with Crippen LogP contribution in [0, 0.1) is 0 Å². The molecule has 1 nitrogen and oxygen atoms in total. The Bertz CT molecular complexity index is 2450. The summed E-state index contributed by atoms with van der Waals surface area (Å²) in [5.41, 5.74) is 10.6. The predicted octanol–water partition coefficient (Wildman–Crippen LogP) is 13.6. The summed E-state index contributed by atoms with van der Waals surface area (Å²) < 4.78 is 0. The van der Waals surface area contributed by atoms with Crippen LogP contribution in [0.25, 0.3) is 65.7 Å². The highest BCUT2D eigenvalue weighted by atomic mass is 15.1. The Balaban J connectivity index is 1.17. The van der Waals surface area contributed by atoms with Gasteiger partial charge in [-0.2, -0.15) is 0 Å². The molecule has 0 radical (unpaired) electrons. The summed E-state index contributed by atoms with van der Waals surface area (Å²) in [6.45, 7) is 0. The molecule has 230 valence electrons. The van der Waals surface area contributed by atoms with Gasteiger partial charge in [0.25, 0.3) is 0 Å². The average molecular weight is 624 g/mol. The molecule has 0 aliphatic rings. The van der Waals surface area contributed by atoms with Gasteiger partial charge in [-0.3, -0.25) is 0 Å². The largest absolute Gasteiger partial charge is 0.310 e. The van der Waals surface area contributed by atoms with Gasteiger partial charge in [0, 0.05) is 17.1 Å². The second kappa shape index (κ2) is 12.3. The molecule has 9 rings (SSSR count). The Kier molecular flexibility index (Phi) is 7.22. The van der Waals surface area contributed by atoms with E-state index in [0.29, 0.717) is 0 Å². The molecular formula is C48H33N. The lowest BCUT2D eigenvalue weighted by Gasteiger charge is -2.26. The Morgan fingerprint density at radius 1 is 0.204 bits per heavy atom. The Labute approximate surface area is 287 Å². The van der Waals surface area contributed by atoms with Crippen LogP contribution in [0.3, 0.4) is 0 Å². The number of hydrogen-bond acceptors (Lipinski definition) is 1. The second-order valence-corrected chi connectivity index (χ2v) is 12.6. The van der Waals surface area contributed by atoms with E-state index in [-0.39, 0.29) is 0 Å². The lowest BCUT2D eigenvalue weighted by atomic mass is 9.92. The molecule has 0 aromatic heterocycles. The highest BCUT2D eigenvalue weighted by Gasteiger charge is 2.15. The van der Waals surface area contributed by atoms with E-state index >= 15 is 0 Å². The van der Waals surface area contributed by atoms with E-state index in [0.717, 1.165) is 17.1 Å². The first kappa shape index (κ1) is 28.8. The topological polar surface area (TPSA) is 3.24 Å². The highest BCUT2D eigenvalue weighted by molar-refractivity contribution is 6.25. The molecule has 0 fully saturated rings. The second-order valence-electron chi connectivity index (χ2n) is 12.6. The van der Waals surface area contributed by atoms with Crippen molar-refractivity contribution in [3.05, 3.63) is 200 Å². The number of fused-ring (bicyclic) bond motifs is 6. The van der Waals surface area contributed by atoms with Gasteiger partial charge in [-0.05, 0) is 108 Å². The molecule has 0 N–H and O–H groups in total. The zero-order valence-electron chi connectivity index (χ0n) is 27.0. The Morgan fingerprint density at radius 3 is 1.08 bits per heavy atom. The summed E-state index contributed by atoms with van der Waals surface area (Å²) >= 11 is 0. The van der Waals surface area contributed by atoms with Crippen LogP contribution in [-0.2, 0) is 0 Å². The Morgan fingerprint density at radius 2 is 0.571 bits per heavy atom. The molecule has 49 heavy (non-hydrogen) atoms. The van der Waals surface area contributed by atoms with Gasteiger partial charge in [0.15, 0.2) is 0 Å². The van der Waals surface area contributed by atoms with Gasteiger partial charge >= 0.3 is 0 Å². The minimum atomic E-state index is 1.11. The number of benzene rings is 9. The van der Waals surface area contributed by atoms with Crippen molar-refractivity contribution in [2.45, 2.75) is 0 Å². The molecule has 0 saturated carbocycles. The van der Waals surface area contributed by atoms with E-state index < -0.39 is 0 Å². The summed E-state index contributed by atoms with van der Waals surface area (Å²) in [7, 11) is 0. The Hall–Kier alpha value is -6.44. The van der Waals surface area contributed by atoms with Crippen LogP contribution >= 0.6 is 0 Å². The van der Waals surface area contributed by atoms with Crippen LogP contribution < -0.4 is 4.90 Å². The quantitative estimate of drug-likeness (QED) is 0.167. The molecule has 1 heteroatoms. The summed E-state index contributed by atoms with van der Waals surface area (Å²) in [6, 6.07) is 72.4. The van der Waals surface area contributed by atoms with E-state index in [9.17, 15) is 0 Å². The monoisotopic (exact) mass is 623 g/mol. The predicted molar refractivity (Wildman–Crippen MR) is 210 cm³/mol. The summed E-state index contributed by atoms with van der Waals surface area (Å²) in [5.74, 6) is 0. The zero-order chi connectivity index (χ0) is 32.6. The van der Waals surface area contributed by atoms with Gasteiger partial charge in [-0.25, -0.2) is 0 Å². The first-order valence-corrected chi connectivity index (χ1v) is 16.8. The van der Waals surface area contributed by atoms with Gasteiger partial charge in [-0.1, -0.05) is 158 Å². The van der Waals surface area contributed by atoms with Crippen molar-refractivity contribution < 1.29 is 0 Å². The SMILES string of the molecule is c1ccc(-c2ccc(N(c3ccc(-c4ccccc4)cc3)c3cccc(-c4ccc5c6ccccc6c6ccccc6c5c4)c3)cc2)cc1. The maximum Gasteiger partial charge on any atom is 0.0467 e.